The predicted octanol–water partition coefficient (Wildman–Crippen LogP) is 3.35. The minimum absolute atomic E-state index is 0.0179. The summed E-state index contributed by atoms with van der Waals surface area (Å²) in [5, 5.41) is 49.6. The van der Waals surface area contributed by atoms with Crippen molar-refractivity contribution in [3.63, 3.8) is 0 Å². The van der Waals surface area contributed by atoms with Crippen LogP contribution in [-0.4, -0.2) is 37.6 Å². The molecule has 2 atom stereocenters. The zero-order chi connectivity index (χ0) is 23.0. The van der Waals surface area contributed by atoms with E-state index in [0.717, 1.165) is 17.2 Å². The van der Waals surface area contributed by atoms with E-state index in [-0.39, 0.29) is 35.7 Å². The Morgan fingerprint density at radius 2 is 1.62 bits per heavy atom. The average molecular weight is 438 g/mol. The zero-order valence-corrected chi connectivity index (χ0v) is 17.1. The number of benzene rings is 3. The SMILES string of the molecule is Cc1ccc(CC(=O)O[C@@H]2Cc3c(O)cc(O)cc3O[C@@H]2c2cc(O)c(O)c(O)c2)cc1. The van der Waals surface area contributed by atoms with E-state index < -0.39 is 35.4 Å². The van der Waals surface area contributed by atoms with Crippen molar-refractivity contribution < 1.29 is 39.8 Å². The highest BCUT2D eigenvalue weighted by molar-refractivity contribution is 5.73. The number of esters is 1. The normalized spacial score (nSPS) is 17.3. The molecule has 0 bridgehead atoms. The maximum Gasteiger partial charge on any atom is 0.310 e. The van der Waals surface area contributed by atoms with Gasteiger partial charge in [-0.3, -0.25) is 4.79 Å². The summed E-state index contributed by atoms with van der Waals surface area (Å²) in [7, 11) is 0. The van der Waals surface area contributed by atoms with Crippen molar-refractivity contribution >= 4 is 5.97 Å². The fourth-order valence-electron chi connectivity index (χ4n) is 3.71. The van der Waals surface area contributed by atoms with Crippen LogP contribution < -0.4 is 4.74 Å². The molecular weight excluding hydrogens is 416 g/mol. The Hall–Kier alpha value is -4.07. The number of ether oxygens (including phenoxy) is 2. The molecule has 1 aliphatic rings. The van der Waals surface area contributed by atoms with Crippen molar-refractivity contribution in [1.29, 1.82) is 0 Å². The molecule has 0 saturated heterocycles. The van der Waals surface area contributed by atoms with Crippen LogP contribution in [0, 0.1) is 6.92 Å². The number of hydrogen-bond acceptors (Lipinski definition) is 8. The van der Waals surface area contributed by atoms with E-state index >= 15 is 0 Å². The lowest BCUT2D eigenvalue weighted by molar-refractivity contribution is -0.154. The molecule has 0 spiro atoms. The molecule has 0 radical (unpaired) electrons. The molecule has 8 heteroatoms. The van der Waals surface area contributed by atoms with E-state index in [9.17, 15) is 30.3 Å². The highest BCUT2D eigenvalue weighted by Gasteiger charge is 2.37. The molecule has 5 N–H and O–H groups in total. The van der Waals surface area contributed by atoms with Crippen LogP contribution in [0.2, 0.25) is 0 Å². The van der Waals surface area contributed by atoms with Gasteiger partial charge in [0.05, 0.1) is 6.42 Å². The highest BCUT2D eigenvalue weighted by Crippen LogP contribution is 2.45. The Balaban J connectivity index is 1.66. The third-order valence-corrected chi connectivity index (χ3v) is 5.34. The van der Waals surface area contributed by atoms with E-state index in [1.165, 1.54) is 18.2 Å². The Morgan fingerprint density at radius 1 is 0.969 bits per heavy atom. The van der Waals surface area contributed by atoms with Gasteiger partial charge in [0.15, 0.2) is 23.4 Å². The number of hydrogen-bond donors (Lipinski definition) is 5. The van der Waals surface area contributed by atoms with Gasteiger partial charge in [-0.1, -0.05) is 29.8 Å². The van der Waals surface area contributed by atoms with Crippen molar-refractivity contribution in [2.45, 2.75) is 32.0 Å². The molecule has 8 nitrogen and oxygen atoms in total. The molecule has 0 fully saturated rings. The first-order valence-electron chi connectivity index (χ1n) is 9.92. The van der Waals surface area contributed by atoms with Gasteiger partial charge in [0.25, 0.3) is 0 Å². The molecule has 1 heterocycles. The first-order valence-corrected chi connectivity index (χ1v) is 9.92. The number of carbonyl (C=O) groups is 1. The first-order chi connectivity index (χ1) is 15.2. The van der Waals surface area contributed by atoms with Crippen LogP contribution in [0.1, 0.15) is 28.4 Å². The summed E-state index contributed by atoms with van der Waals surface area (Å²) in [6, 6.07) is 12.3. The highest BCUT2D eigenvalue weighted by atomic mass is 16.6. The monoisotopic (exact) mass is 438 g/mol. The Kier molecular flexibility index (Phi) is 5.44. The molecule has 0 unspecified atom stereocenters. The smallest absolute Gasteiger partial charge is 0.310 e. The van der Waals surface area contributed by atoms with Crippen LogP contribution in [0.15, 0.2) is 48.5 Å². The molecule has 0 amide bonds. The van der Waals surface area contributed by atoms with Gasteiger partial charge in [0, 0.05) is 29.7 Å². The third kappa shape index (κ3) is 4.20. The Labute approximate surface area is 183 Å². The molecule has 166 valence electrons. The topological polar surface area (TPSA) is 137 Å². The van der Waals surface area contributed by atoms with E-state index in [0.29, 0.717) is 5.56 Å². The number of carbonyl (C=O) groups excluding carboxylic acids is 1. The largest absolute Gasteiger partial charge is 0.508 e. The minimum atomic E-state index is -0.983. The summed E-state index contributed by atoms with van der Waals surface area (Å²) in [4.78, 5) is 12.7. The number of fused-ring (bicyclic) bond motifs is 1. The molecule has 3 aromatic rings. The van der Waals surface area contributed by atoms with Gasteiger partial charge in [-0.05, 0) is 24.6 Å². The summed E-state index contributed by atoms with van der Waals surface area (Å²) in [6.45, 7) is 1.94. The summed E-state index contributed by atoms with van der Waals surface area (Å²) in [5.41, 5.74) is 2.41. The average Bonchev–Trinajstić information content (AvgIpc) is 2.73. The number of phenolic OH excluding ortho intramolecular Hbond substituents is 5. The predicted molar refractivity (Wildman–Crippen MR) is 113 cm³/mol. The van der Waals surface area contributed by atoms with Crippen LogP contribution in [0.5, 0.6) is 34.5 Å². The van der Waals surface area contributed by atoms with Crippen LogP contribution in [0.25, 0.3) is 0 Å². The molecular formula is C24H22O8. The van der Waals surface area contributed by atoms with Gasteiger partial charge in [-0.2, -0.15) is 0 Å². The molecule has 0 aliphatic carbocycles. The van der Waals surface area contributed by atoms with Gasteiger partial charge >= 0.3 is 5.97 Å². The van der Waals surface area contributed by atoms with Gasteiger partial charge in [0.2, 0.25) is 0 Å². The van der Waals surface area contributed by atoms with E-state index in [1.807, 2.05) is 31.2 Å². The van der Waals surface area contributed by atoms with Gasteiger partial charge < -0.3 is 35.0 Å². The lowest BCUT2D eigenvalue weighted by Crippen LogP contribution is -2.35. The van der Waals surface area contributed by atoms with Crippen molar-refractivity contribution in [1.82, 2.24) is 0 Å². The number of phenols is 5. The Bertz CT molecular complexity index is 1150. The third-order valence-electron chi connectivity index (χ3n) is 5.34. The van der Waals surface area contributed by atoms with Crippen LogP contribution in [0.3, 0.4) is 0 Å². The first kappa shape index (κ1) is 21.2. The van der Waals surface area contributed by atoms with Crippen LogP contribution in [0.4, 0.5) is 0 Å². The quantitative estimate of drug-likeness (QED) is 0.309. The maximum atomic E-state index is 12.7. The second-order valence-corrected chi connectivity index (χ2v) is 7.78. The second-order valence-electron chi connectivity index (χ2n) is 7.78. The Morgan fingerprint density at radius 3 is 2.28 bits per heavy atom. The van der Waals surface area contributed by atoms with Crippen LogP contribution >= 0.6 is 0 Å². The summed E-state index contributed by atoms with van der Waals surface area (Å²) in [6.07, 6.45) is -1.82. The summed E-state index contributed by atoms with van der Waals surface area (Å²) >= 11 is 0. The number of aryl methyl sites for hydroxylation is 1. The van der Waals surface area contributed by atoms with E-state index in [1.54, 1.807) is 0 Å². The lowest BCUT2D eigenvalue weighted by Gasteiger charge is -2.34. The molecule has 3 aromatic carbocycles. The van der Waals surface area contributed by atoms with E-state index in [4.69, 9.17) is 9.47 Å². The molecule has 4 rings (SSSR count). The fraction of sp³-hybridized carbons (Fsp3) is 0.208. The van der Waals surface area contributed by atoms with E-state index in [2.05, 4.69) is 0 Å². The lowest BCUT2D eigenvalue weighted by atomic mass is 9.93. The number of aromatic hydroxyl groups is 5. The maximum absolute atomic E-state index is 12.7. The van der Waals surface area contributed by atoms with Gasteiger partial charge in [0.1, 0.15) is 23.4 Å². The van der Waals surface area contributed by atoms with Gasteiger partial charge in [-0.25, -0.2) is 0 Å². The second kappa shape index (κ2) is 8.22. The standard InChI is InChI=1S/C24H22O8/c1-12-2-4-13(5-3-12)6-22(29)31-21-11-16-17(26)9-15(25)10-20(16)32-24(21)14-7-18(27)23(30)19(28)8-14/h2-5,7-10,21,24-28,30H,6,11H2,1H3/t21-,24-/m1/s1. The van der Waals surface area contributed by atoms with Gasteiger partial charge in [-0.15, -0.1) is 0 Å². The molecule has 1 aliphatic heterocycles. The van der Waals surface area contributed by atoms with Crippen molar-refractivity contribution in [3.05, 3.63) is 70.8 Å². The number of rotatable bonds is 4. The molecule has 32 heavy (non-hydrogen) atoms. The van der Waals surface area contributed by atoms with Crippen molar-refractivity contribution in [2.75, 3.05) is 0 Å². The fourth-order valence-corrected chi connectivity index (χ4v) is 3.71. The minimum Gasteiger partial charge on any atom is -0.508 e. The molecule has 0 aromatic heterocycles. The van der Waals surface area contributed by atoms with Crippen molar-refractivity contribution in [3.8, 4) is 34.5 Å². The van der Waals surface area contributed by atoms with Crippen molar-refractivity contribution in [2.24, 2.45) is 0 Å². The van der Waals surface area contributed by atoms with Crippen LogP contribution in [-0.2, 0) is 22.4 Å². The summed E-state index contributed by atoms with van der Waals surface area (Å²) < 4.78 is 11.6. The molecule has 0 saturated carbocycles. The summed E-state index contributed by atoms with van der Waals surface area (Å²) in [5.74, 6) is -2.61. The zero-order valence-electron chi connectivity index (χ0n) is 17.1.